The Balaban J connectivity index is 1.83. The van der Waals surface area contributed by atoms with Gasteiger partial charge in [-0.05, 0) is 6.92 Å². The molecule has 0 aliphatic carbocycles. The molecule has 0 spiro atoms. The molecule has 0 bridgehead atoms. The summed E-state index contributed by atoms with van der Waals surface area (Å²) in [4.78, 5) is 21.2. The lowest BCUT2D eigenvalue weighted by Gasteiger charge is -2.11. The van der Waals surface area contributed by atoms with Gasteiger partial charge < -0.3 is 15.4 Å². The van der Waals surface area contributed by atoms with E-state index in [0.29, 0.717) is 30.7 Å². The summed E-state index contributed by atoms with van der Waals surface area (Å²) in [5.41, 5.74) is 6.47. The summed E-state index contributed by atoms with van der Waals surface area (Å²) in [6, 6.07) is 1.72. The number of hydrogen-bond donors (Lipinski definition) is 1. The number of nitrogen functional groups attached to an aromatic ring is 1. The van der Waals surface area contributed by atoms with Crippen molar-refractivity contribution in [1.82, 2.24) is 14.9 Å². The van der Waals surface area contributed by atoms with E-state index in [4.69, 9.17) is 10.5 Å². The lowest BCUT2D eigenvalue weighted by Crippen LogP contribution is -2.26. The Hall–Kier alpha value is -1.50. The first kappa shape index (κ1) is 12.0. The van der Waals surface area contributed by atoms with Crippen molar-refractivity contribution < 1.29 is 9.53 Å². The molecule has 92 valence electrons. The van der Waals surface area contributed by atoms with Crippen LogP contribution in [-0.4, -0.2) is 46.4 Å². The number of rotatable bonds is 4. The topological polar surface area (TPSA) is 81.3 Å². The standard InChI is InChI=1S/C10H14N4O2S/c1-7-6-8(11)13-9(12-7)17-5-3-14-2-4-16-10(14)15/h6H,2-5H2,1H3,(H2,11,12,13). The number of ether oxygens (including phenoxy) is 1. The van der Waals surface area contributed by atoms with Gasteiger partial charge in [0.15, 0.2) is 5.16 Å². The van der Waals surface area contributed by atoms with Crippen molar-refractivity contribution in [2.24, 2.45) is 0 Å². The van der Waals surface area contributed by atoms with Crippen molar-refractivity contribution in [3.63, 3.8) is 0 Å². The van der Waals surface area contributed by atoms with Gasteiger partial charge in [0.25, 0.3) is 0 Å². The van der Waals surface area contributed by atoms with Crippen LogP contribution in [0.3, 0.4) is 0 Å². The molecule has 1 fully saturated rings. The van der Waals surface area contributed by atoms with Crippen LogP contribution in [-0.2, 0) is 4.74 Å². The number of nitrogens with zero attached hydrogens (tertiary/aromatic N) is 3. The number of thioether (sulfide) groups is 1. The third-order valence-electron chi connectivity index (χ3n) is 2.29. The molecule has 1 aromatic heterocycles. The van der Waals surface area contributed by atoms with Crippen molar-refractivity contribution in [1.29, 1.82) is 0 Å². The maximum atomic E-state index is 11.2. The Morgan fingerprint density at radius 3 is 3.06 bits per heavy atom. The van der Waals surface area contributed by atoms with E-state index in [1.807, 2.05) is 6.92 Å². The van der Waals surface area contributed by atoms with Gasteiger partial charge in [0, 0.05) is 24.1 Å². The van der Waals surface area contributed by atoms with E-state index < -0.39 is 0 Å². The smallest absolute Gasteiger partial charge is 0.409 e. The normalized spacial score (nSPS) is 15.1. The molecule has 0 atom stereocenters. The molecule has 2 N–H and O–H groups in total. The molecule has 1 aliphatic rings. The van der Waals surface area contributed by atoms with E-state index in [1.54, 1.807) is 11.0 Å². The Bertz CT molecular complexity index is 407. The molecule has 0 saturated carbocycles. The molecule has 1 aliphatic heterocycles. The van der Waals surface area contributed by atoms with Gasteiger partial charge >= 0.3 is 6.09 Å². The molecule has 1 saturated heterocycles. The van der Waals surface area contributed by atoms with Crippen LogP contribution in [0.2, 0.25) is 0 Å². The highest BCUT2D eigenvalue weighted by Gasteiger charge is 2.21. The van der Waals surface area contributed by atoms with E-state index in [9.17, 15) is 4.79 Å². The average Bonchev–Trinajstić information content (AvgIpc) is 2.63. The number of aromatic nitrogens is 2. The van der Waals surface area contributed by atoms with E-state index >= 15 is 0 Å². The van der Waals surface area contributed by atoms with Crippen molar-refractivity contribution in [3.05, 3.63) is 11.8 Å². The first-order valence-corrected chi connectivity index (χ1v) is 6.29. The van der Waals surface area contributed by atoms with Crippen LogP contribution in [0.25, 0.3) is 0 Å². The van der Waals surface area contributed by atoms with E-state index in [1.165, 1.54) is 11.8 Å². The lowest BCUT2D eigenvalue weighted by molar-refractivity contribution is 0.160. The summed E-state index contributed by atoms with van der Waals surface area (Å²) < 4.78 is 4.83. The number of cyclic esters (lactones) is 1. The third kappa shape index (κ3) is 3.23. The Kier molecular flexibility index (Phi) is 3.68. The number of aryl methyl sites for hydroxylation is 1. The fourth-order valence-electron chi connectivity index (χ4n) is 1.51. The van der Waals surface area contributed by atoms with Gasteiger partial charge in [-0.3, -0.25) is 0 Å². The second-order valence-electron chi connectivity index (χ2n) is 3.67. The van der Waals surface area contributed by atoms with Crippen LogP contribution >= 0.6 is 11.8 Å². The summed E-state index contributed by atoms with van der Waals surface area (Å²) in [6.45, 7) is 3.66. The molecule has 0 radical (unpaired) electrons. The number of hydrogen-bond acceptors (Lipinski definition) is 6. The maximum Gasteiger partial charge on any atom is 0.409 e. The van der Waals surface area contributed by atoms with Gasteiger partial charge in [-0.2, -0.15) is 0 Å². The molecular formula is C10H14N4O2S. The van der Waals surface area contributed by atoms with Gasteiger partial charge in [-0.15, -0.1) is 0 Å². The number of amides is 1. The van der Waals surface area contributed by atoms with Crippen molar-refractivity contribution in [2.75, 3.05) is 31.2 Å². The van der Waals surface area contributed by atoms with Crippen molar-refractivity contribution in [3.8, 4) is 0 Å². The molecule has 2 rings (SSSR count). The summed E-state index contributed by atoms with van der Waals surface area (Å²) in [5.74, 6) is 1.21. The Morgan fingerprint density at radius 2 is 2.41 bits per heavy atom. The molecule has 2 heterocycles. The molecular weight excluding hydrogens is 240 g/mol. The summed E-state index contributed by atoms with van der Waals surface area (Å²) in [5, 5.41) is 0.648. The second kappa shape index (κ2) is 5.22. The van der Waals surface area contributed by atoms with Crippen LogP contribution in [0, 0.1) is 6.92 Å². The van der Waals surface area contributed by atoms with Crippen LogP contribution < -0.4 is 5.73 Å². The molecule has 7 heteroatoms. The Labute approximate surface area is 104 Å². The van der Waals surface area contributed by atoms with Crippen LogP contribution in [0.15, 0.2) is 11.2 Å². The summed E-state index contributed by atoms with van der Waals surface area (Å²) in [7, 11) is 0. The van der Waals surface area contributed by atoms with E-state index in [0.717, 1.165) is 11.4 Å². The van der Waals surface area contributed by atoms with Crippen LogP contribution in [0.1, 0.15) is 5.69 Å². The largest absolute Gasteiger partial charge is 0.448 e. The SMILES string of the molecule is Cc1cc(N)nc(SCCN2CCOC2=O)n1. The fraction of sp³-hybridized carbons (Fsp3) is 0.500. The zero-order valence-electron chi connectivity index (χ0n) is 9.55. The average molecular weight is 254 g/mol. The lowest BCUT2D eigenvalue weighted by atomic mass is 10.4. The minimum Gasteiger partial charge on any atom is -0.448 e. The number of anilines is 1. The van der Waals surface area contributed by atoms with E-state index in [-0.39, 0.29) is 6.09 Å². The Morgan fingerprint density at radius 1 is 1.59 bits per heavy atom. The predicted molar refractivity (Wildman–Crippen MR) is 64.8 cm³/mol. The highest BCUT2D eigenvalue weighted by molar-refractivity contribution is 7.99. The van der Waals surface area contributed by atoms with Crippen molar-refractivity contribution in [2.45, 2.75) is 12.1 Å². The molecule has 0 aromatic carbocycles. The zero-order chi connectivity index (χ0) is 12.3. The van der Waals surface area contributed by atoms with Gasteiger partial charge in [0.1, 0.15) is 12.4 Å². The maximum absolute atomic E-state index is 11.2. The first-order valence-electron chi connectivity index (χ1n) is 5.31. The summed E-state index contributed by atoms with van der Waals surface area (Å²) >= 11 is 1.49. The molecule has 17 heavy (non-hydrogen) atoms. The fourth-order valence-corrected chi connectivity index (χ4v) is 2.38. The number of carbonyl (C=O) groups is 1. The van der Waals surface area contributed by atoms with Gasteiger partial charge in [0.2, 0.25) is 0 Å². The third-order valence-corrected chi connectivity index (χ3v) is 3.12. The molecule has 1 aromatic rings. The van der Waals surface area contributed by atoms with Crippen LogP contribution in [0.5, 0.6) is 0 Å². The predicted octanol–water partition coefficient (Wildman–Crippen LogP) is 0.912. The second-order valence-corrected chi connectivity index (χ2v) is 4.73. The monoisotopic (exact) mass is 254 g/mol. The summed E-state index contributed by atoms with van der Waals surface area (Å²) in [6.07, 6.45) is -0.240. The first-order chi connectivity index (χ1) is 8.15. The molecule has 1 amide bonds. The van der Waals surface area contributed by atoms with E-state index in [2.05, 4.69) is 9.97 Å². The number of nitrogens with two attached hydrogens (primary N) is 1. The highest BCUT2D eigenvalue weighted by Crippen LogP contribution is 2.16. The highest BCUT2D eigenvalue weighted by atomic mass is 32.2. The molecule has 6 nitrogen and oxygen atoms in total. The molecule has 0 unspecified atom stereocenters. The minimum atomic E-state index is -0.240. The van der Waals surface area contributed by atoms with Crippen LogP contribution in [0.4, 0.5) is 10.6 Å². The van der Waals surface area contributed by atoms with Gasteiger partial charge in [-0.1, -0.05) is 11.8 Å². The van der Waals surface area contributed by atoms with Gasteiger partial charge in [0.05, 0.1) is 6.54 Å². The zero-order valence-corrected chi connectivity index (χ0v) is 10.4. The quantitative estimate of drug-likeness (QED) is 0.635. The van der Waals surface area contributed by atoms with Crippen molar-refractivity contribution >= 4 is 23.7 Å². The van der Waals surface area contributed by atoms with Gasteiger partial charge in [-0.25, -0.2) is 14.8 Å². The number of carbonyl (C=O) groups excluding carboxylic acids is 1. The minimum absolute atomic E-state index is 0.240.